The van der Waals surface area contributed by atoms with E-state index in [9.17, 15) is 9.18 Å². The van der Waals surface area contributed by atoms with E-state index in [0.717, 1.165) is 5.56 Å². The molecule has 2 aromatic carbocycles. The van der Waals surface area contributed by atoms with Crippen molar-refractivity contribution >= 4 is 33.3 Å². The first-order valence-corrected chi connectivity index (χ1v) is 6.88. The summed E-state index contributed by atoms with van der Waals surface area (Å²) in [5.74, 6) is -0.402. The minimum atomic E-state index is -0.330. The summed E-state index contributed by atoms with van der Waals surface area (Å²) in [6, 6.07) is 9.47. The first-order valence-electron chi connectivity index (χ1n) is 5.70. The fraction of sp³-hybridized carbons (Fsp3) is 0.133. The van der Waals surface area contributed by atoms with E-state index in [1.807, 2.05) is 6.92 Å². The summed E-state index contributed by atoms with van der Waals surface area (Å²) < 4.78 is 13.8. The average molecular weight is 342 g/mol. The number of carbonyl (C=O) groups is 1. The van der Waals surface area contributed by atoms with Crippen LogP contribution in [0.1, 0.15) is 21.5 Å². The molecule has 1 nitrogen and oxygen atoms in total. The van der Waals surface area contributed by atoms with E-state index in [2.05, 4.69) is 15.9 Å². The fourth-order valence-electron chi connectivity index (χ4n) is 1.81. The normalized spacial score (nSPS) is 10.5. The topological polar surface area (TPSA) is 17.1 Å². The minimum absolute atomic E-state index is 0.0720. The number of ketones is 1. The van der Waals surface area contributed by atoms with Crippen LogP contribution in [0.15, 0.2) is 40.9 Å². The molecule has 0 aliphatic rings. The second-order valence-electron chi connectivity index (χ2n) is 4.29. The Kier molecular flexibility index (Phi) is 4.38. The molecule has 2 rings (SSSR count). The molecule has 0 saturated carbocycles. The van der Waals surface area contributed by atoms with Crippen LogP contribution in [0.25, 0.3) is 0 Å². The van der Waals surface area contributed by atoms with Gasteiger partial charge in [-0.3, -0.25) is 4.79 Å². The van der Waals surface area contributed by atoms with Gasteiger partial charge in [0.05, 0.1) is 0 Å². The van der Waals surface area contributed by atoms with Crippen molar-refractivity contribution in [1.29, 1.82) is 0 Å². The molecule has 0 spiro atoms. The molecule has 0 atom stereocenters. The van der Waals surface area contributed by atoms with Gasteiger partial charge in [0.15, 0.2) is 5.78 Å². The van der Waals surface area contributed by atoms with Crippen LogP contribution in [-0.4, -0.2) is 5.78 Å². The van der Waals surface area contributed by atoms with E-state index in [1.54, 1.807) is 24.3 Å². The third-order valence-electron chi connectivity index (χ3n) is 2.89. The number of halogens is 3. The maximum Gasteiger partial charge on any atom is 0.168 e. The number of Topliss-reactive ketones (excluding diaryl/α,β-unsaturated/α-hetero) is 1. The summed E-state index contributed by atoms with van der Waals surface area (Å²) in [6.45, 7) is 1.86. The van der Waals surface area contributed by atoms with E-state index >= 15 is 0 Å². The molecule has 0 amide bonds. The Morgan fingerprint density at radius 3 is 2.68 bits per heavy atom. The van der Waals surface area contributed by atoms with E-state index in [4.69, 9.17) is 11.6 Å². The molecule has 19 heavy (non-hydrogen) atoms. The second-order valence-corrected chi connectivity index (χ2v) is 5.59. The van der Waals surface area contributed by atoms with Gasteiger partial charge in [0.2, 0.25) is 0 Å². The summed E-state index contributed by atoms with van der Waals surface area (Å²) in [5, 5.41) is 0.561. The predicted molar refractivity (Wildman–Crippen MR) is 78.3 cm³/mol. The van der Waals surface area contributed by atoms with Crippen LogP contribution < -0.4 is 0 Å². The summed E-state index contributed by atoms with van der Waals surface area (Å²) >= 11 is 9.15. The SMILES string of the molecule is Cc1ccc(F)cc1CC(=O)c1ccc(Cl)cc1Br. The Morgan fingerprint density at radius 1 is 1.26 bits per heavy atom. The van der Waals surface area contributed by atoms with Crippen LogP contribution in [0.4, 0.5) is 4.39 Å². The Bertz CT molecular complexity index is 640. The average Bonchev–Trinajstić information content (AvgIpc) is 2.33. The number of aryl methyl sites for hydroxylation is 1. The quantitative estimate of drug-likeness (QED) is 0.720. The summed E-state index contributed by atoms with van der Waals surface area (Å²) in [5.41, 5.74) is 2.15. The number of rotatable bonds is 3. The van der Waals surface area contributed by atoms with Crippen molar-refractivity contribution in [2.75, 3.05) is 0 Å². The van der Waals surface area contributed by atoms with Gasteiger partial charge in [0, 0.05) is 21.5 Å². The predicted octanol–water partition coefficient (Wildman–Crippen LogP) is 4.98. The van der Waals surface area contributed by atoms with Crippen molar-refractivity contribution in [3.8, 4) is 0 Å². The maximum atomic E-state index is 13.2. The highest BCUT2D eigenvalue weighted by atomic mass is 79.9. The molecule has 0 unspecified atom stereocenters. The number of hydrogen-bond acceptors (Lipinski definition) is 1. The zero-order chi connectivity index (χ0) is 14.0. The highest BCUT2D eigenvalue weighted by molar-refractivity contribution is 9.10. The molecule has 4 heteroatoms. The molecular formula is C15H11BrClFO. The second kappa shape index (κ2) is 5.85. The van der Waals surface area contributed by atoms with Crippen LogP contribution in [0.3, 0.4) is 0 Å². The van der Waals surface area contributed by atoms with Crippen molar-refractivity contribution in [1.82, 2.24) is 0 Å². The number of carbonyl (C=O) groups excluding carboxylic acids is 1. The largest absolute Gasteiger partial charge is 0.294 e. The Balaban J connectivity index is 2.28. The van der Waals surface area contributed by atoms with E-state index < -0.39 is 0 Å². The summed E-state index contributed by atoms with van der Waals surface area (Å²) in [6.07, 6.45) is 0.170. The van der Waals surface area contributed by atoms with Gasteiger partial charge in [-0.2, -0.15) is 0 Å². The van der Waals surface area contributed by atoms with Crippen LogP contribution in [0, 0.1) is 12.7 Å². The first-order chi connectivity index (χ1) is 8.97. The Labute approximate surface area is 124 Å². The van der Waals surface area contributed by atoms with Gasteiger partial charge in [-0.25, -0.2) is 4.39 Å². The molecule has 2 aromatic rings. The molecule has 0 N–H and O–H groups in total. The molecule has 0 fully saturated rings. The van der Waals surface area contributed by atoms with E-state index in [-0.39, 0.29) is 18.0 Å². The molecule has 0 radical (unpaired) electrons. The molecular weight excluding hydrogens is 331 g/mol. The Morgan fingerprint density at radius 2 is 2.00 bits per heavy atom. The van der Waals surface area contributed by atoms with Crippen molar-refractivity contribution in [2.24, 2.45) is 0 Å². The van der Waals surface area contributed by atoms with Crippen molar-refractivity contribution in [3.63, 3.8) is 0 Å². The van der Waals surface area contributed by atoms with E-state index in [1.165, 1.54) is 12.1 Å². The zero-order valence-electron chi connectivity index (χ0n) is 10.2. The van der Waals surface area contributed by atoms with Crippen LogP contribution >= 0.6 is 27.5 Å². The maximum absolute atomic E-state index is 13.2. The van der Waals surface area contributed by atoms with Crippen LogP contribution in [0.5, 0.6) is 0 Å². The molecule has 0 heterocycles. The van der Waals surface area contributed by atoms with Gasteiger partial charge >= 0.3 is 0 Å². The van der Waals surface area contributed by atoms with Gasteiger partial charge in [0.1, 0.15) is 5.82 Å². The minimum Gasteiger partial charge on any atom is -0.294 e. The van der Waals surface area contributed by atoms with Gasteiger partial charge in [0.25, 0.3) is 0 Å². The lowest BCUT2D eigenvalue weighted by atomic mass is 9.99. The van der Waals surface area contributed by atoms with Crippen molar-refractivity contribution in [2.45, 2.75) is 13.3 Å². The molecule has 98 valence electrons. The van der Waals surface area contributed by atoms with Crippen LogP contribution in [-0.2, 0) is 6.42 Å². The zero-order valence-corrected chi connectivity index (χ0v) is 12.6. The molecule has 0 aliphatic heterocycles. The summed E-state index contributed by atoms with van der Waals surface area (Å²) in [4.78, 5) is 12.2. The molecule has 0 saturated heterocycles. The third kappa shape index (κ3) is 3.43. The number of hydrogen-bond donors (Lipinski definition) is 0. The van der Waals surface area contributed by atoms with Crippen molar-refractivity contribution in [3.05, 3.63) is 68.4 Å². The van der Waals surface area contributed by atoms with Crippen molar-refractivity contribution < 1.29 is 9.18 Å². The third-order valence-corrected chi connectivity index (χ3v) is 3.78. The lowest BCUT2D eigenvalue weighted by Gasteiger charge is -2.07. The summed E-state index contributed by atoms with van der Waals surface area (Å²) in [7, 11) is 0. The van der Waals surface area contributed by atoms with E-state index in [0.29, 0.717) is 20.6 Å². The van der Waals surface area contributed by atoms with Gasteiger partial charge in [-0.15, -0.1) is 0 Å². The standard InChI is InChI=1S/C15H11BrClFO/c1-9-2-4-12(18)6-10(9)7-15(19)13-5-3-11(17)8-14(13)16/h2-6,8H,7H2,1H3. The molecule has 0 aliphatic carbocycles. The fourth-order valence-corrected chi connectivity index (χ4v) is 2.72. The monoisotopic (exact) mass is 340 g/mol. The first kappa shape index (κ1) is 14.2. The van der Waals surface area contributed by atoms with Gasteiger partial charge in [-0.05, 0) is 64.3 Å². The molecule has 0 bridgehead atoms. The lowest BCUT2D eigenvalue weighted by molar-refractivity contribution is 0.0992. The van der Waals surface area contributed by atoms with Crippen LogP contribution in [0.2, 0.25) is 5.02 Å². The van der Waals surface area contributed by atoms with Gasteiger partial charge < -0.3 is 0 Å². The number of benzene rings is 2. The smallest absolute Gasteiger partial charge is 0.168 e. The molecule has 0 aromatic heterocycles. The lowest BCUT2D eigenvalue weighted by Crippen LogP contribution is -2.06. The van der Waals surface area contributed by atoms with Gasteiger partial charge in [-0.1, -0.05) is 17.7 Å². The Hall–Kier alpha value is -1.19. The highest BCUT2D eigenvalue weighted by Gasteiger charge is 2.13. The highest BCUT2D eigenvalue weighted by Crippen LogP contribution is 2.23.